The minimum Gasteiger partial charge on any atom is -0.408 e. The van der Waals surface area contributed by atoms with Gasteiger partial charge in [-0.05, 0) is 47.9 Å². The summed E-state index contributed by atoms with van der Waals surface area (Å²) in [4.78, 5) is 1.41. The Labute approximate surface area is 188 Å². The first-order valence-electron chi connectivity index (χ1n) is 10.8. The first-order chi connectivity index (χ1) is 15.6. The molecule has 1 saturated carbocycles. The van der Waals surface area contributed by atoms with E-state index in [0.717, 1.165) is 12.0 Å². The first-order valence-corrected chi connectivity index (χ1v) is 10.8. The van der Waals surface area contributed by atoms with E-state index in [4.69, 9.17) is 4.42 Å². The molecule has 1 aromatic carbocycles. The highest BCUT2D eigenvalue weighted by Gasteiger charge is 2.64. The van der Waals surface area contributed by atoms with Crippen molar-refractivity contribution in [2.24, 2.45) is 5.41 Å². The Morgan fingerprint density at radius 1 is 1.12 bits per heavy atom. The van der Waals surface area contributed by atoms with Gasteiger partial charge in [0.1, 0.15) is 11.6 Å². The average Bonchev–Trinajstić information content (AvgIpc) is 3.33. The number of aromatic nitrogens is 4. The molecule has 10 heteroatoms. The highest BCUT2D eigenvalue weighted by molar-refractivity contribution is 5.63. The van der Waals surface area contributed by atoms with Gasteiger partial charge < -0.3 is 9.32 Å². The molecule has 0 N–H and O–H groups in total. The van der Waals surface area contributed by atoms with Crippen molar-refractivity contribution in [2.45, 2.75) is 51.4 Å². The van der Waals surface area contributed by atoms with E-state index in [0.29, 0.717) is 12.1 Å². The van der Waals surface area contributed by atoms with E-state index < -0.39 is 30.0 Å². The van der Waals surface area contributed by atoms with Crippen molar-refractivity contribution in [2.75, 3.05) is 18.0 Å². The topological polar surface area (TPSA) is 67.9 Å². The fourth-order valence-corrected chi connectivity index (χ4v) is 5.76. The summed E-state index contributed by atoms with van der Waals surface area (Å²) >= 11 is 0. The number of nitrogens with zero attached hydrogens (tertiary/aromatic N) is 5. The fraction of sp³-hybridized carbons (Fsp3) is 0.478. The third-order valence-electron chi connectivity index (χ3n) is 7.44. The smallest absolute Gasteiger partial charge is 0.318 e. The van der Waals surface area contributed by atoms with Crippen molar-refractivity contribution in [3.63, 3.8) is 0 Å². The molecule has 0 spiro atoms. The number of anilines is 1. The average molecular weight is 461 g/mol. The van der Waals surface area contributed by atoms with Crippen LogP contribution in [-0.4, -0.2) is 39.9 Å². The van der Waals surface area contributed by atoms with Crippen LogP contribution in [0, 0.1) is 24.0 Å². The molecule has 0 radical (unpaired) electrons. The van der Waals surface area contributed by atoms with Crippen molar-refractivity contribution < 1.29 is 22.0 Å². The number of fused-ring (bicyclic) bond motifs is 5. The number of hydrogen-bond donors (Lipinski definition) is 0. The van der Waals surface area contributed by atoms with Gasteiger partial charge in [-0.25, -0.2) is 17.6 Å². The summed E-state index contributed by atoms with van der Waals surface area (Å²) in [5.41, 5.74) is 0.482. The van der Waals surface area contributed by atoms with Gasteiger partial charge in [0, 0.05) is 18.9 Å². The van der Waals surface area contributed by atoms with Crippen molar-refractivity contribution in [1.82, 2.24) is 20.4 Å². The van der Waals surface area contributed by atoms with Gasteiger partial charge in [-0.15, -0.1) is 5.10 Å². The van der Waals surface area contributed by atoms with E-state index in [9.17, 15) is 17.6 Å². The van der Waals surface area contributed by atoms with Crippen LogP contribution in [0.5, 0.6) is 0 Å². The second-order valence-electron chi connectivity index (χ2n) is 9.40. The van der Waals surface area contributed by atoms with Crippen LogP contribution < -0.4 is 4.90 Å². The molecule has 2 aliphatic carbocycles. The molecule has 2 aliphatic rings. The van der Waals surface area contributed by atoms with Gasteiger partial charge in [-0.3, -0.25) is 0 Å². The minimum absolute atomic E-state index is 0.0351. The molecule has 2 atom stereocenters. The number of halogens is 4. The zero-order valence-electron chi connectivity index (χ0n) is 18.4. The van der Waals surface area contributed by atoms with Crippen LogP contribution in [0.15, 0.2) is 28.7 Å². The van der Waals surface area contributed by atoms with Crippen molar-refractivity contribution in [3.8, 4) is 11.3 Å². The van der Waals surface area contributed by atoms with E-state index in [-0.39, 0.29) is 41.0 Å². The van der Waals surface area contributed by atoms with Crippen LogP contribution in [0.1, 0.15) is 49.8 Å². The zero-order chi connectivity index (χ0) is 23.5. The lowest BCUT2D eigenvalue weighted by Crippen LogP contribution is -2.48. The van der Waals surface area contributed by atoms with Crippen LogP contribution in [-0.2, 0) is 5.41 Å². The summed E-state index contributed by atoms with van der Waals surface area (Å²) in [6.45, 7) is 5.39. The van der Waals surface area contributed by atoms with E-state index in [1.165, 1.54) is 23.1 Å². The van der Waals surface area contributed by atoms with E-state index in [1.54, 1.807) is 13.0 Å². The largest absolute Gasteiger partial charge is 0.408 e. The molecule has 2 heterocycles. The summed E-state index contributed by atoms with van der Waals surface area (Å²) in [5.74, 6) is -1.09. The Hall–Kier alpha value is -3.04. The van der Waals surface area contributed by atoms with Gasteiger partial charge in [0.05, 0.1) is 23.5 Å². The van der Waals surface area contributed by atoms with Crippen LogP contribution in [0.4, 0.5) is 23.6 Å². The summed E-state index contributed by atoms with van der Waals surface area (Å²) < 4.78 is 61.2. The molecule has 33 heavy (non-hydrogen) atoms. The molecular weight excluding hydrogens is 438 g/mol. The quantitative estimate of drug-likeness (QED) is 0.479. The third-order valence-corrected chi connectivity index (χ3v) is 7.44. The van der Waals surface area contributed by atoms with Gasteiger partial charge in [0.25, 0.3) is 6.43 Å². The Balaban J connectivity index is 1.59. The van der Waals surface area contributed by atoms with Crippen molar-refractivity contribution in [1.29, 1.82) is 0 Å². The van der Waals surface area contributed by atoms with Gasteiger partial charge in [0.2, 0.25) is 5.89 Å². The molecule has 0 amide bonds. The predicted molar refractivity (Wildman–Crippen MR) is 112 cm³/mol. The van der Waals surface area contributed by atoms with Crippen LogP contribution in [0.2, 0.25) is 0 Å². The molecule has 0 saturated heterocycles. The maximum atomic E-state index is 14.4. The molecule has 2 aromatic heterocycles. The number of aryl methyl sites for hydroxylation is 1. The lowest BCUT2D eigenvalue weighted by Gasteiger charge is -2.41. The van der Waals surface area contributed by atoms with Crippen LogP contribution in [0.25, 0.3) is 11.3 Å². The first kappa shape index (κ1) is 21.8. The van der Waals surface area contributed by atoms with Crippen molar-refractivity contribution in [3.05, 3.63) is 53.0 Å². The zero-order valence-corrected chi connectivity index (χ0v) is 18.4. The third kappa shape index (κ3) is 3.21. The minimum atomic E-state index is -2.60. The number of rotatable bonds is 6. The number of alkyl halides is 2. The van der Waals surface area contributed by atoms with Crippen molar-refractivity contribution >= 4 is 6.01 Å². The van der Waals surface area contributed by atoms with E-state index >= 15 is 0 Å². The molecule has 5 rings (SSSR count). The maximum absolute atomic E-state index is 14.4. The van der Waals surface area contributed by atoms with E-state index in [1.807, 2.05) is 0 Å². The van der Waals surface area contributed by atoms with Crippen LogP contribution >= 0.6 is 0 Å². The second kappa shape index (κ2) is 7.50. The summed E-state index contributed by atoms with van der Waals surface area (Å²) in [7, 11) is 0. The van der Waals surface area contributed by atoms with Gasteiger partial charge in [0.15, 0.2) is 0 Å². The lowest BCUT2D eigenvalue weighted by atomic mass is 9.68. The maximum Gasteiger partial charge on any atom is 0.318 e. The Kier molecular flexibility index (Phi) is 4.95. The lowest BCUT2D eigenvalue weighted by molar-refractivity contribution is 0.143. The Morgan fingerprint density at radius 3 is 2.48 bits per heavy atom. The molecule has 174 valence electrons. The molecule has 6 nitrogen and oxygen atoms in total. The summed E-state index contributed by atoms with van der Waals surface area (Å²) in [5, 5.41) is 16.3. The molecule has 0 aliphatic heterocycles. The summed E-state index contributed by atoms with van der Waals surface area (Å²) in [6.07, 6.45) is -1.09. The highest BCUT2D eigenvalue weighted by Crippen LogP contribution is 2.67. The van der Waals surface area contributed by atoms with Gasteiger partial charge in [-0.2, -0.15) is 10.2 Å². The Morgan fingerprint density at radius 2 is 1.85 bits per heavy atom. The molecule has 2 bridgehead atoms. The van der Waals surface area contributed by atoms with Gasteiger partial charge in [-0.1, -0.05) is 25.0 Å². The summed E-state index contributed by atoms with van der Waals surface area (Å²) in [6, 6.07) is 5.39. The predicted octanol–water partition coefficient (Wildman–Crippen LogP) is 5.04. The molecule has 3 aromatic rings. The monoisotopic (exact) mass is 461 g/mol. The molecular formula is C23H23F4N5O. The number of benzene rings is 1. The van der Waals surface area contributed by atoms with Crippen LogP contribution in [0.3, 0.4) is 0 Å². The fourth-order valence-electron chi connectivity index (χ4n) is 5.76. The SMILES string of the molecule is Cc1nnc(N(CC(F)F)C[C@@]23CC[C@@H](c4cc(-c5c(F)cccc5F)nnc42)C3(C)C)o1. The molecule has 0 unspecified atom stereocenters. The highest BCUT2D eigenvalue weighted by atomic mass is 19.3. The number of hydrogen-bond acceptors (Lipinski definition) is 6. The molecule has 1 fully saturated rings. The standard InChI is InChI=1S/C23H23F4N5O/c1-12-28-31-21(33-12)32(10-18(26)27)11-23-8-7-14(22(23,2)3)13-9-17(29-30-20(13)23)19-15(24)5-4-6-16(19)25/h4-6,9,14,18H,7-8,10-11H2,1-3H3/t14-,23-/m0/s1. The Bertz CT molecular complexity index is 1190. The van der Waals surface area contributed by atoms with E-state index in [2.05, 4.69) is 34.2 Å². The normalized spacial score (nSPS) is 22.7. The second-order valence-corrected chi connectivity index (χ2v) is 9.40. The van der Waals surface area contributed by atoms with Gasteiger partial charge >= 0.3 is 6.01 Å².